The molecule has 3 heteroatoms. The van der Waals surface area contributed by atoms with Crippen LogP contribution in [-0.4, -0.2) is 19.7 Å². The quantitative estimate of drug-likeness (QED) is 0.646. The maximum atomic E-state index is 10.5. The van der Waals surface area contributed by atoms with Gasteiger partial charge in [-0.1, -0.05) is 37.0 Å². The summed E-state index contributed by atoms with van der Waals surface area (Å²) in [7, 11) is 1.33. The Morgan fingerprint density at radius 1 is 1.50 bits per heavy atom. The highest BCUT2D eigenvalue weighted by Gasteiger charge is 1.91. The summed E-state index contributed by atoms with van der Waals surface area (Å²) in [5, 5.41) is 2.50. The molecule has 0 fully saturated rings. The van der Waals surface area contributed by atoms with Gasteiger partial charge in [-0.05, 0) is 0 Å². The van der Waals surface area contributed by atoms with Crippen LogP contribution in [0.2, 0.25) is 0 Å². The van der Waals surface area contributed by atoms with E-state index >= 15 is 0 Å². The predicted octanol–water partition coefficient (Wildman–Crippen LogP) is 1.64. The molecule has 0 spiro atoms. The van der Waals surface area contributed by atoms with Gasteiger partial charge >= 0.3 is 6.09 Å². The van der Waals surface area contributed by atoms with Crippen LogP contribution < -0.4 is 5.32 Å². The second kappa shape index (κ2) is 7.60. The molecule has 0 rings (SSSR count). The molecular weight excluding hydrogens is 154 g/mol. The van der Waals surface area contributed by atoms with Gasteiger partial charge in [0.1, 0.15) is 0 Å². The summed E-state index contributed by atoms with van der Waals surface area (Å²) >= 11 is 0. The molecule has 1 N–H and O–H groups in total. The van der Waals surface area contributed by atoms with Crippen LogP contribution in [0.15, 0.2) is 37.0 Å². The predicted molar refractivity (Wildman–Crippen MR) is 48.9 cm³/mol. The maximum absolute atomic E-state index is 10.5. The molecule has 0 heterocycles. The maximum Gasteiger partial charge on any atom is 0.407 e. The average Bonchev–Trinajstić information content (AvgIpc) is 2.10. The molecule has 0 aromatic rings. The van der Waals surface area contributed by atoms with Crippen molar-refractivity contribution < 1.29 is 9.53 Å². The van der Waals surface area contributed by atoms with Crippen molar-refractivity contribution >= 4 is 6.09 Å². The Morgan fingerprint density at radius 3 is 2.83 bits per heavy atom. The summed E-state index contributed by atoms with van der Waals surface area (Å²) < 4.78 is 4.36. The molecule has 0 saturated carbocycles. The first-order valence-electron chi connectivity index (χ1n) is 3.57. The van der Waals surface area contributed by atoms with Crippen molar-refractivity contribution in [1.82, 2.24) is 5.32 Å². The number of alkyl carbamates (subject to hydrolysis) is 1. The molecule has 0 unspecified atom stereocenters. The van der Waals surface area contributed by atoms with Gasteiger partial charge in [-0.2, -0.15) is 0 Å². The van der Waals surface area contributed by atoms with Crippen LogP contribution in [0, 0.1) is 0 Å². The largest absolute Gasteiger partial charge is 0.453 e. The average molecular weight is 167 g/mol. The molecule has 12 heavy (non-hydrogen) atoms. The van der Waals surface area contributed by atoms with Crippen molar-refractivity contribution in [1.29, 1.82) is 0 Å². The van der Waals surface area contributed by atoms with Crippen LogP contribution in [-0.2, 0) is 4.74 Å². The number of amides is 1. The van der Waals surface area contributed by atoms with Crippen molar-refractivity contribution in [3.8, 4) is 0 Å². The smallest absolute Gasteiger partial charge is 0.407 e. The molecule has 66 valence electrons. The molecule has 1 amide bonds. The third-order valence-corrected chi connectivity index (χ3v) is 1.04. The van der Waals surface area contributed by atoms with E-state index in [0.717, 1.165) is 0 Å². The van der Waals surface area contributed by atoms with E-state index in [1.54, 1.807) is 18.2 Å². The van der Waals surface area contributed by atoms with E-state index in [2.05, 4.69) is 16.6 Å². The number of hydrogen-bond acceptors (Lipinski definition) is 2. The third-order valence-electron chi connectivity index (χ3n) is 1.04. The molecule has 0 atom stereocenters. The Kier molecular flexibility index (Phi) is 6.64. The van der Waals surface area contributed by atoms with Crippen molar-refractivity contribution in [3.05, 3.63) is 37.0 Å². The van der Waals surface area contributed by atoms with Crippen molar-refractivity contribution in [2.45, 2.75) is 0 Å². The molecule has 0 radical (unpaired) electrons. The number of allylic oxidation sites excluding steroid dienone is 4. The zero-order valence-electron chi connectivity index (χ0n) is 7.12. The number of ether oxygens (including phenoxy) is 1. The second-order valence-electron chi connectivity index (χ2n) is 1.92. The van der Waals surface area contributed by atoms with E-state index in [1.807, 2.05) is 12.2 Å². The molecule has 0 aliphatic carbocycles. The van der Waals surface area contributed by atoms with E-state index in [4.69, 9.17) is 0 Å². The van der Waals surface area contributed by atoms with Gasteiger partial charge in [-0.25, -0.2) is 4.79 Å². The molecule has 3 nitrogen and oxygen atoms in total. The molecule has 0 aliphatic rings. The van der Waals surface area contributed by atoms with Crippen LogP contribution in [0.3, 0.4) is 0 Å². The topological polar surface area (TPSA) is 38.3 Å². The van der Waals surface area contributed by atoms with Gasteiger partial charge < -0.3 is 10.1 Å². The van der Waals surface area contributed by atoms with Gasteiger partial charge in [0.25, 0.3) is 0 Å². The van der Waals surface area contributed by atoms with Gasteiger partial charge in [-0.15, -0.1) is 0 Å². The molecular formula is C9H13NO2. The number of carbonyl (C=O) groups is 1. The lowest BCUT2D eigenvalue weighted by atomic mass is 10.4. The third kappa shape index (κ3) is 6.61. The normalized spacial score (nSPS) is 10.4. The highest BCUT2D eigenvalue weighted by molar-refractivity contribution is 5.67. The number of nitrogens with one attached hydrogen (secondary N) is 1. The first-order chi connectivity index (χ1) is 5.81. The lowest BCUT2D eigenvalue weighted by Crippen LogP contribution is -2.22. The van der Waals surface area contributed by atoms with Crippen LogP contribution in [0.1, 0.15) is 0 Å². The summed E-state index contributed by atoms with van der Waals surface area (Å²) in [4.78, 5) is 10.5. The Balaban J connectivity index is 3.42. The number of carbonyl (C=O) groups excluding carboxylic acids is 1. The summed E-state index contributed by atoms with van der Waals surface area (Å²) in [6, 6.07) is 0. The van der Waals surface area contributed by atoms with E-state index in [1.165, 1.54) is 7.11 Å². The summed E-state index contributed by atoms with van der Waals surface area (Å²) in [6.07, 6.45) is 8.50. The van der Waals surface area contributed by atoms with Gasteiger partial charge in [0.2, 0.25) is 0 Å². The molecule has 0 aromatic heterocycles. The summed E-state index contributed by atoms with van der Waals surface area (Å²) in [5.41, 5.74) is 0. The van der Waals surface area contributed by atoms with E-state index in [-0.39, 0.29) is 0 Å². The van der Waals surface area contributed by atoms with Crippen molar-refractivity contribution in [2.75, 3.05) is 13.7 Å². The molecule has 0 aliphatic heterocycles. The minimum atomic E-state index is -0.424. The Hall–Kier alpha value is -1.51. The Labute approximate surface area is 72.4 Å². The first-order valence-corrected chi connectivity index (χ1v) is 3.57. The number of hydrogen-bond donors (Lipinski definition) is 1. The number of methoxy groups -OCH3 is 1. The van der Waals surface area contributed by atoms with Gasteiger partial charge in [0.15, 0.2) is 0 Å². The van der Waals surface area contributed by atoms with Gasteiger partial charge in [-0.3, -0.25) is 0 Å². The van der Waals surface area contributed by atoms with Crippen LogP contribution in [0.5, 0.6) is 0 Å². The minimum Gasteiger partial charge on any atom is -0.453 e. The second-order valence-corrected chi connectivity index (χ2v) is 1.92. The fourth-order valence-corrected chi connectivity index (χ4v) is 0.504. The standard InChI is InChI=1S/C9H13NO2/c1-3-4-5-6-7-8-10-9(11)12-2/h3-7H,1,8H2,2H3,(H,10,11)/b5-4-,7-6-. The first kappa shape index (κ1) is 10.5. The van der Waals surface area contributed by atoms with Gasteiger partial charge in [0.05, 0.1) is 7.11 Å². The molecule has 0 saturated heterocycles. The molecule has 0 bridgehead atoms. The summed E-state index contributed by atoms with van der Waals surface area (Å²) in [6.45, 7) is 3.98. The number of rotatable bonds is 4. The van der Waals surface area contributed by atoms with Gasteiger partial charge in [0, 0.05) is 6.54 Å². The lowest BCUT2D eigenvalue weighted by molar-refractivity contribution is 0.172. The molecule has 0 aromatic carbocycles. The lowest BCUT2D eigenvalue weighted by Gasteiger charge is -1.97. The Morgan fingerprint density at radius 2 is 2.25 bits per heavy atom. The van der Waals surface area contributed by atoms with Crippen LogP contribution in [0.4, 0.5) is 4.79 Å². The highest BCUT2D eigenvalue weighted by Crippen LogP contribution is 1.77. The van der Waals surface area contributed by atoms with Crippen LogP contribution in [0.25, 0.3) is 0 Å². The van der Waals surface area contributed by atoms with Crippen LogP contribution >= 0.6 is 0 Å². The minimum absolute atomic E-state index is 0.424. The SMILES string of the molecule is C=C/C=C\C=C/CNC(=O)OC. The van der Waals surface area contributed by atoms with E-state index in [0.29, 0.717) is 6.54 Å². The highest BCUT2D eigenvalue weighted by atomic mass is 16.5. The fraction of sp³-hybridized carbons (Fsp3) is 0.222. The zero-order chi connectivity index (χ0) is 9.23. The monoisotopic (exact) mass is 167 g/mol. The van der Waals surface area contributed by atoms with Crippen molar-refractivity contribution in [2.24, 2.45) is 0 Å². The van der Waals surface area contributed by atoms with E-state index in [9.17, 15) is 4.79 Å². The zero-order valence-corrected chi connectivity index (χ0v) is 7.12. The Bertz CT molecular complexity index is 195. The fourth-order valence-electron chi connectivity index (χ4n) is 0.504. The summed E-state index contributed by atoms with van der Waals surface area (Å²) in [5.74, 6) is 0. The van der Waals surface area contributed by atoms with E-state index < -0.39 is 6.09 Å². The van der Waals surface area contributed by atoms with Crippen molar-refractivity contribution in [3.63, 3.8) is 0 Å².